The van der Waals surface area contributed by atoms with Crippen molar-refractivity contribution in [2.45, 2.75) is 39.0 Å². The van der Waals surface area contributed by atoms with E-state index in [0.717, 1.165) is 12.0 Å². The molecule has 3 rings (SSSR count). The van der Waals surface area contributed by atoms with E-state index in [0.29, 0.717) is 49.9 Å². The third-order valence-corrected chi connectivity index (χ3v) is 6.33. The number of hydrogen-bond donors (Lipinski definition) is 2. The zero-order valence-corrected chi connectivity index (χ0v) is 22.2. The van der Waals surface area contributed by atoms with Crippen molar-refractivity contribution in [2.75, 3.05) is 47.1 Å². The number of amides is 2. The smallest absolute Gasteiger partial charge is 0.407 e. The Bertz CT molecular complexity index is 1000. The van der Waals surface area contributed by atoms with Crippen molar-refractivity contribution < 1.29 is 28.5 Å². The normalized spacial score (nSPS) is 16.9. The van der Waals surface area contributed by atoms with Crippen LogP contribution in [0.3, 0.4) is 0 Å². The first-order valence-corrected chi connectivity index (χ1v) is 12.7. The first-order valence-electron chi connectivity index (χ1n) is 12.7. The van der Waals surface area contributed by atoms with Crippen LogP contribution in [0.25, 0.3) is 0 Å². The Morgan fingerprint density at radius 1 is 1.05 bits per heavy atom. The van der Waals surface area contributed by atoms with E-state index in [2.05, 4.69) is 10.6 Å². The maximum absolute atomic E-state index is 13.6. The van der Waals surface area contributed by atoms with Crippen LogP contribution in [0.5, 0.6) is 11.5 Å². The molecule has 0 aliphatic carbocycles. The number of rotatable bonds is 13. The van der Waals surface area contributed by atoms with Gasteiger partial charge in [0.25, 0.3) is 5.91 Å². The predicted molar refractivity (Wildman–Crippen MR) is 141 cm³/mol. The van der Waals surface area contributed by atoms with Gasteiger partial charge in [0.05, 0.1) is 19.8 Å². The van der Waals surface area contributed by atoms with E-state index in [1.807, 2.05) is 49.1 Å². The van der Waals surface area contributed by atoms with Crippen LogP contribution in [0.15, 0.2) is 48.5 Å². The van der Waals surface area contributed by atoms with Crippen molar-refractivity contribution in [3.8, 4) is 11.5 Å². The Hall–Kier alpha value is -3.30. The Labute approximate surface area is 219 Å². The summed E-state index contributed by atoms with van der Waals surface area (Å²) in [4.78, 5) is 27.8. The second-order valence-corrected chi connectivity index (χ2v) is 9.34. The summed E-state index contributed by atoms with van der Waals surface area (Å²) in [5.41, 5.74) is 1.45. The van der Waals surface area contributed by atoms with Crippen LogP contribution in [0, 0.1) is 5.92 Å². The monoisotopic (exact) mass is 513 g/mol. The number of alkyl carbamates (subject to hydrolysis) is 1. The molecule has 9 heteroatoms. The van der Waals surface area contributed by atoms with Crippen LogP contribution in [0.1, 0.15) is 36.2 Å². The van der Waals surface area contributed by atoms with E-state index < -0.39 is 6.09 Å². The van der Waals surface area contributed by atoms with Crippen LogP contribution < -0.4 is 20.1 Å². The van der Waals surface area contributed by atoms with Crippen molar-refractivity contribution in [1.29, 1.82) is 0 Å². The minimum atomic E-state index is -0.463. The Kier molecular flexibility index (Phi) is 11.0. The largest absolute Gasteiger partial charge is 0.493 e. The fourth-order valence-corrected chi connectivity index (χ4v) is 4.26. The van der Waals surface area contributed by atoms with Crippen LogP contribution in [0.4, 0.5) is 4.79 Å². The summed E-state index contributed by atoms with van der Waals surface area (Å²) in [6.45, 7) is 7.03. The minimum Gasteiger partial charge on any atom is -0.493 e. The van der Waals surface area contributed by atoms with Gasteiger partial charge in [0.1, 0.15) is 6.61 Å². The van der Waals surface area contributed by atoms with E-state index >= 15 is 0 Å². The number of methoxy groups -OCH3 is 2. The molecule has 0 radical (unpaired) electrons. The van der Waals surface area contributed by atoms with Gasteiger partial charge in [0, 0.05) is 57.3 Å². The zero-order valence-electron chi connectivity index (χ0n) is 22.2. The molecule has 9 nitrogen and oxygen atoms in total. The standard InChI is InChI=1S/C28H39N3O6/c1-20(2)31(27(32)22-11-12-25(35-4)26(15-22)36-14-8-13-34-3)18-23-16-29-17-24(23)30-28(33)37-19-21-9-6-5-7-10-21/h5-7,9-12,15,20,23-24,29H,8,13-14,16-19H2,1-4H3,(H,30,33)/t23-,24-/m1/s1. The summed E-state index contributed by atoms with van der Waals surface area (Å²) in [7, 11) is 3.22. The molecular formula is C28H39N3O6. The molecule has 0 saturated carbocycles. The Morgan fingerprint density at radius 2 is 1.84 bits per heavy atom. The molecule has 0 bridgehead atoms. The van der Waals surface area contributed by atoms with Crippen molar-refractivity contribution in [1.82, 2.24) is 15.5 Å². The summed E-state index contributed by atoms with van der Waals surface area (Å²) < 4.78 is 21.7. The average molecular weight is 514 g/mol. The van der Waals surface area contributed by atoms with Gasteiger partial charge in [-0.25, -0.2) is 4.79 Å². The van der Waals surface area contributed by atoms with Crippen LogP contribution in [-0.4, -0.2) is 76.1 Å². The maximum atomic E-state index is 13.6. The molecule has 37 heavy (non-hydrogen) atoms. The van der Waals surface area contributed by atoms with E-state index in [4.69, 9.17) is 18.9 Å². The highest BCUT2D eigenvalue weighted by Crippen LogP contribution is 2.29. The van der Waals surface area contributed by atoms with Crippen molar-refractivity contribution in [2.24, 2.45) is 5.92 Å². The molecule has 2 aromatic rings. The third-order valence-electron chi connectivity index (χ3n) is 6.33. The molecule has 1 fully saturated rings. The summed E-state index contributed by atoms with van der Waals surface area (Å²) in [6, 6.07) is 14.6. The van der Waals surface area contributed by atoms with E-state index in [1.165, 1.54) is 0 Å². The highest BCUT2D eigenvalue weighted by atomic mass is 16.5. The molecular weight excluding hydrogens is 474 g/mol. The predicted octanol–water partition coefficient (Wildman–Crippen LogP) is 3.48. The van der Waals surface area contributed by atoms with Gasteiger partial charge in [-0.2, -0.15) is 0 Å². The molecule has 1 heterocycles. The van der Waals surface area contributed by atoms with E-state index in [-0.39, 0.29) is 30.5 Å². The van der Waals surface area contributed by atoms with Gasteiger partial charge in [-0.3, -0.25) is 4.79 Å². The van der Waals surface area contributed by atoms with Crippen LogP contribution in [-0.2, 0) is 16.1 Å². The molecule has 0 aromatic heterocycles. The number of carbonyl (C=O) groups excluding carboxylic acids is 2. The second kappa shape index (κ2) is 14.4. The van der Waals surface area contributed by atoms with Gasteiger partial charge < -0.3 is 34.5 Å². The Balaban J connectivity index is 1.63. The maximum Gasteiger partial charge on any atom is 0.407 e. The SMILES string of the molecule is COCCCOc1cc(C(=O)N(C[C@H]2CNC[C@H]2NC(=O)OCc2ccccc2)C(C)C)ccc1OC. The van der Waals surface area contributed by atoms with Crippen molar-refractivity contribution in [3.05, 3.63) is 59.7 Å². The third kappa shape index (κ3) is 8.36. The zero-order chi connectivity index (χ0) is 26.6. The highest BCUT2D eigenvalue weighted by molar-refractivity contribution is 5.95. The fraction of sp³-hybridized carbons (Fsp3) is 0.500. The van der Waals surface area contributed by atoms with Crippen molar-refractivity contribution in [3.63, 3.8) is 0 Å². The average Bonchev–Trinajstić information content (AvgIpc) is 3.34. The second-order valence-electron chi connectivity index (χ2n) is 9.34. The number of nitrogens with one attached hydrogen (secondary N) is 2. The Morgan fingerprint density at radius 3 is 2.54 bits per heavy atom. The van der Waals surface area contributed by atoms with Gasteiger partial charge in [-0.15, -0.1) is 0 Å². The molecule has 0 unspecified atom stereocenters. The van der Waals surface area contributed by atoms with E-state index in [1.54, 1.807) is 32.4 Å². The molecule has 202 valence electrons. The molecule has 0 spiro atoms. The summed E-state index contributed by atoms with van der Waals surface area (Å²) in [5.74, 6) is 1.04. The number of benzene rings is 2. The lowest BCUT2D eigenvalue weighted by atomic mass is 10.0. The first kappa shape index (κ1) is 28.3. The number of ether oxygens (including phenoxy) is 4. The minimum absolute atomic E-state index is 0.0352. The fourth-order valence-electron chi connectivity index (χ4n) is 4.26. The summed E-state index contributed by atoms with van der Waals surface area (Å²) in [5, 5.41) is 6.30. The molecule has 2 N–H and O–H groups in total. The summed E-state index contributed by atoms with van der Waals surface area (Å²) >= 11 is 0. The van der Waals surface area contributed by atoms with E-state index in [9.17, 15) is 9.59 Å². The number of carbonyl (C=O) groups is 2. The van der Waals surface area contributed by atoms with Gasteiger partial charge in [-0.05, 0) is 37.6 Å². The molecule has 1 aliphatic rings. The molecule has 2 amide bonds. The van der Waals surface area contributed by atoms with Gasteiger partial charge in [-0.1, -0.05) is 30.3 Å². The molecule has 1 saturated heterocycles. The number of hydrogen-bond acceptors (Lipinski definition) is 7. The quantitative estimate of drug-likeness (QED) is 0.396. The van der Waals surface area contributed by atoms with Crippen LogP contribution in [0.2, 0.25) is 0 Å². The van der Waals surface area contributed by atoms with Crippen LogP contribution >= 0.6 is 0 Å². The van der Waals surface area contributed by atoms with Gasteiger partial charge in [0.15, 0.2) is 11.5 Å². The van der Waals surface area contributed by atoms with Gasteiger partial charge in [0.2, 0.25) is 0 Å². The lowest BCUT2D eigenvalue weighted by Gasteiger charge is -2.31. The topological polar surface area (TPSA) is 98.4 Å². The highest BCUT2D eigenvalue weighted by Gasteiger charge is 2.33. The summed E-state index contributed by atoms with van der Waals surface area (Å²) in [6.07, 6.45) is 0.266. The molecule has 2 aromatic carbocycles. The molecule has 2 atom stereocenters. The van der Waals surface area contributed by atoms with Gasteiger partial charge >= 0.3 is 6.09 Å². The first-order chi connectivity index (χ1) is 17.9. The van der Waals surface area contributed by atoms with Crippen molar-refractivity contribution >= 4 is 12.0 Å². The molecule has 1 aliphatic heterocycles. The number of nitrogens with zero attached hydrogens (tertiary/aromatic N) is 1. The lowest BCUT2D eigenvalue weighted by molar-refractivity contribution is 0.0666. The lowest BCUT2D eigenvalue weighted by Crippen LogP contribution is -2.47.